The van der Waals surface area contributed by atoms with Crippen LogP contribution in [0.4, 0.5) is 5.69 Å². The molecule has 4 N–H and O–H groups in total. The number of benzene rings is 2. The molecule has 194 valence electrons. The fourth-order valence-electron chi connectivity index (χ4n) is 5.94. The molecule has 0 aromatic heterocycles. The SMILES string of the molecule is COc1ccc(CCN2C(=O)[C@@H]3[C@H](CC(N)=O)N[C@]4(C(=O)Nc5c(Cl)cc(C)cc54)[C@@H]3C2=O)cc1OC. The van der Waals surface area contributed by atoms with E-state index in [1.165, 1.54) is 19.1 Å². The molecule has 5 rings (SSSR count). The van der Waals surface area contributed by atoms with Crippen molar-refractivity contribution in [2.24, 2.45) is 17.6 Å². The first-order chi connectivity index (χ1) is 17.6. The van der Waals surface area contributed by atoms with Gasteiger partial charge in [0, 0.05) is 24.6 Å². The van der Waals surface area contributed by atoms with Crippen molar-refractivity contribution in [3.05, 3.63) is 52.0 Å². The zero-order valence-electron chi connectivity index (χ0n) is 20.6. The maximum Gasteiger partial charge on any atom is 0.250 e. The molecule has 4 amide bonds. The molecule has 10 nitrogen and oxygen atoms in total. The highest BCUT2D eigenvalue weighted by Gasteiger charge is 2.70. The van der Waals surface area contributed by atoms with Gasteiger partial charge in [0.15, 0.2) is 11.5 Å². The van der Waals surface area contributed by atoms with Gasteiger partial charge in [-0.05, 0) is 42.7 Å². The number of hydrogen-bond acceptors (Lipinski definition) is 7. The van der Waals surface area contributed by atoms with Crippen molar-refractivity contribution in [2.45, 2.75) is 31.3 Å². The lowest BCUT2D eigenvalue weighted by Crippen LogP contribution is -2.53. The monoisotopic (exact) mass is 526 g/mol. The summed E-state index contributed by atoms with van der Waals surface area (Å²) in [6, 6.07) is 8.07. The van der Waals surface area contributed by atoms with Crippen molar-refractivity contribution in [3.63, 3.8) is 0 Å². The number of nitrogens with one attached hydrogen (secondary N) is 2. The van der Waals surface area contributed by atoms with E-state index in [-0.39, 0.29) is 13.0 Å². The molecule has 0 bridgehead atoms. The van der Waals surface area contributed by atoms with Crippen LogP contribution in [0.1, 0.15) is 23.1 Å². The number of hydrogen-bond donors (Lipinski definition) is 3. The summed E-state index contributed by atoms with van der Waals surface area (Å²) in [5.74, 6) is -2.92. The van der Waals surface area contributed by atoms with Crippen molar-refractivity contribution in [1.29, 1.82) is 0 Å². The number of imide groups is 1. The minimum Gasteiger partial charge on any atom is -0.493 e. The fraction of sp³-hybridized carbons (Fsp3) is 0.385. The number of ether oxygens (including phenoxy) is 2. The van der Waals surface area contributed by atoms with Crippen LogP contribution in [0.25, 0.3) is 0 Å². The van der Waals surface area contributed by atoms with Gasteiger partial charge in [0.1, 0.15) is 5.54 Å². The number of aryl methyl sites for hydroxylation is 1. The van der Waals surface area contributed by atoms with E-state index in [0.717, 1.165) is 11.1 Å². The minimum atomic E-state index is -1.54. The largest absolute Gasteiger partial charge is 0.493 e. The molecule has 11 heteroatoms. The van der Waals surface area contributed by atoms with Gasteiger partial charge >= 0.3 is 0 Å². The van der Waals surface area contributed by atoms with Crippen LogP contribution in [0.3, 0.4) is 0 Å². The maximum absolute atomic E-state index is 13.9. The Balaban J connectivity index is 1.51. The van der Waals surface area contributed by atoms with Crippen LogP contribution in [0.2, 0.25) is 5.02 Å². The molecule has 2 fully saturated rings. The number of anilines is 1. The first kappa shape index (κ1) is 25.0. The van der Waals surface area contributed by atoms with Crippen molar-refractivity contribution >= 4 is 40.9 Å². The highest BCUT2D eigenvalue weighted by Crippen LogP contribution is 2.54. The molecule has 0 aliphatic carbocycles. The van der Waals surface area contributed by atoms with Crippen molar-refractivity contribution < 1.29 is 28.7 Å². The summed E-state index contributed by atoms with van der Waals surface area (Å²) in [5.41, 5.74) is 6.46. The fourth-order valence-corrected chi connectivity index (χ4v) is 6.26. The van der Waals surface area contributed by atoms with E-state index in [9.17, 15) is 19.2 Å². The summed E-state index contributed by atoms with van der Waals surface area (Å²) in [4.78, 5) is 54.1. The van der Waals surface area contributed by atoms with E-state index in [0.29, 0.717) is 34.2 Å². The summed E-state index contributed by atoms with van der Waals surface area (Å²) in [6.07, 6.45) is 0.166. The molecule has 2 aromatic carbocycles. The van der Waals surface area contributed by atoms with Crippen LogP contribution < -0.4 is 25.8 Å². The van der Waals surface area contributed by atoms with Crippen LogP contribution in [0.15, 0.2) is 30.3 Å². The average Bonchev–Trinajstić information content (AvgIpc) is 3.42. The lowest BCUT2D eigenvalue weighted by atomic mass is 9.76. The lowest BCUT2D eigenvalue weighted by Gasteiger charge is -2.29. The summed E-state index contributed by atoms with van der Waals surface area (Å²) in [6.45, 7) is 1.93. The molecule has 2 aromatic rings. The summed E-state index contributed by atoms with van der Waals surface area (Å²) >= 11 is 6.43. The van der Waals surface area contributed by atoms with Crippen molar-refractivity contribution in [2.75, 3.05) is 26.1 Å². The third-order valence-electron chi connectivity index (χ3n) is 7.50. The maximum atomic E-state index is 13.9. The molecule has 0 saturated carbocycles. The second-order valence-electron chi connectivity index (χ2n) is 9.62. The number of amides is 4. The third kappa shape index (κ3) is 3.74. The van der Waals surface area contributed by atoms with Crippen molar-refractivity contribution in [3.8, 4) is 11.5 Å². The molecule has 3 aliphatic rings. The van der Waals surface area contributed by atoms with Crippen LogP contribution in [0, 0.1) is 18.8 Å². The Hall–Kier alpha value is -3.63. The van der Waals surface area contributed by atoms with E-state index in [1.54, 1.807) is 24.3 Å². The molecule has 37 heavy (non-hydrogen) atoms. The second-order valence-corrected chi connectivity index (χ2v) is 10.0. The van der Waals surface area contributed by atoms with E-state index in [1.807, 2.05) is 13.0 Å². The molecule has 4 atom stereocenters. The summed E-state index contributed by atoms with van der Waals surface area (Å²) in [5, 5.41) is 6.29. The van der Waals surface area contributed by atoms with Gasteiger partial charge in [-0.2, -0.15) is 0 Å². The van der Waals surface area contributed by atoms with Gasteiger partial charge in [0.05, 0.1) is 36.8 Å². The second kappa shape index (κ2) is 9.04. The highest BCUT2D eigenvalue weighted by atomic mass is 35.5. The zero-order valence-corrected chi connectivity index (χ0v) is 21.3. The molecule has 3 aliphatic heterocycles. The number of fused-ring (bicyclic) bond motifs is 4. The molecule has 2 saturated heterocycles. The average molecular weight is 527 g/mol. The highest BCUT2D eigenvalue weighted by molar-refractivity contribution is 6.35. The normalized spacial score (nSPS) is 25.9. The smallest absolute Gasteiger partial charge is 0.250 e. The first-order valence-electron chi connectivity index (χ1n) is 11.9. The van der Waals surface area contributed by atoms with Crippen LogP contribution in [-0.4, -0.2) is 55.3 Å². The molecule has 0 unspecified atom stereocenters. The van der Waals surface area contributed by atoms with Crippen LogP contribution in [0.5, 0.6) is 11.5 Å². The van der Waals surface area contributed by atoms with Gasteiger partial charge in [-0.1, -0.05) is 23.7 Å². The Morgan fingerprint density at radius 3 is 2.51 bits per heavy atom. The van der Waals surface area contributed by atoms with E-state index < -0.39 is 47.0 Å². The number of likely N-dealkylation sites (tertiary alicyclic amines) is 1. The number of primary amides is 1. The Labute approximate surface area is 218 Å². The van der Waals surface area contributed by atoms with Gasteiger partial charge in [-0.25, -0.2) is 0 Å². The predicted octanol–water partition coefficient (Wildman–Crippen LogP) is 1.50. The Morgan fingerprint density at radius 1 is 1.11 bits per heavy atom. The summed E-state index contributed by atoms with van der Waals surface area (Å²) in [7, 11) is 3.07. The van der Waals surface area contributed by atoms with Crippen LogP contribution >= 0.6 is 11.6 Å². The summed E-state index contributed by atoms with van der Waals surface area (Å²) < 4.78 is 10.6. The van der Waals surface area contributed by atoms with Gasteiger partial charge in [-0.3, -0.25) is 29.4 Å². The topological polar surface area (TPSA) is 140 Å². The number of rotatable bonds is 7. The molecular formula is C26H27ClN4O6. The minimum absolute atomic E-state index is 0.0998. The molecule has 1 spiro atoms. The number of methoxy groups -OCH3 is 2. The Morgan fingerprint density at radius 2 is 1.84 bits per heavy atom. The zero-order chi connectivity index (χ0) is 26.6. The Kier molecular flexibility index (Phi) is 6.12. The first-order valence-corrected chi connectivity index (χ1v) is 12.2. The third-order valence-corrected chi connectivity index (χ3v) is 7.80. The molecule has 3 heterocycles. The quantitative estimate of drug-likeness (QED) is 0.464. The van der Waals surface area contributed by atoms with E-state index in [4.69, 9.17) is 26.8 Å². The standard InChI is InChI=1S/C26H27ClN4O6/c1-12-8-14-22(15(27)9-12)29-25(35)26(14)21-20(16(30-26)11-19(28)32)23(33)31(24(21)34)7-6-13-4-5-17(36-2)18(10-13)37-3/h4-5,8-10,16,20-21,30H,6-7,11H2,1-3H3,(H2,28,32)(H,29,35)/t16-,20+,21-,26-/m0/s1. The molecule has 0 radical (unpaired) electrons. The van der Waals surface area contributed by atoms with Crippen molar-refractivity contribution in [1.82, 2.24) is 10.2 Å². The predicted molar refractivity (Wildman–Crippen MR) is 134 cm³/mol. The lowest BCUT2D eigenvalue weighted by molar-refractivity contribution is -0.142. The van der Waals surface area contributed by atoms with Gasteiger partial charge < -0.3 is 20.5 Å². The number of nitrogens with two attached hydrogens (primary N) is 1. The number of carbonyl (C=O) groups excluding carboxylic acids is 4. The van der Waals surface area contributed by atoms with Crippen LogP contribution in [-0.2, 0) is 31.1 Å². The van der Waals surface area contributed by atoms with Gasteiger partial charge in [0.25, 0.3) is 0 Å². The number of halogens is 1. The Bertz CT molecular complexity index is 1350. The van der Waals surface area contributed by atoms with E-state index >= 15 is 0 Å². The van der Waals surface area contributed by atoms with E-state index in [2.05, 4.69) is 10.6 Å². The number of carbonyl (C=O) groups is 4. The number of nitrogens with zero attached hydrogens (tertiary/aromatic N) is 1. The molecular weight excluding hydrogens is 500 g/mol. The van der Waals surface area contributed by atoms with Gasteiger partial charge in [0.2, 0.25) is 23.6 Å². The van der Waals surface area contributed by atoms with Gasteiger partial charge in [-0.15, -0.1) is 0 Å².